The highest BCUT2D eigenvalue weighted by Gasteiger charge is 2.42. The number of nitrogens with zero attached hydrogens (tertiary/aromatic N) is 4. The van der Waals surface area contributed by atoms with Crippen molar-refractivity contribution < 1.29 is 13.2 Å². The van der Waals surface area contributed by atoms with E-state index in [-0.39, 0.29) is 19.3 Å². The molecule has 2 aromatic heterocycles. The number of benzene rings is 1. The minimum atomic E-state index is -2.44. The number of likely N-dealkylation sites (tertiary alicyclic amines) is 1. The standard InChI is InChI=1S/C25H31F3N6/c1-25(2)10-19-18(5-7-21-20(19)12-30-32-21)24(34(25)15-23(27)28)22-6-4-16(11-29-22)31-17-13-33(14-17)9-3-8-26/h4-7,11-12,17,23-24,31H,3,8-10,13-15H2,1-2H3,(H,30,32). The zero-order valence-electron chi connectivity index (χ0n) is 19.6. The van der Waals surface area contributed by atoms with Crippen LogP contribution in [0.3, 0.4) is 0 Å². The number of aromatic nitrogens is 3. The Balaban J connectivity index is 1.42. The average molecular weight is 473 g/mol. The van der Waals surface area contributed by atoms with Crippen LogP contribution in [-0.2, 0) is 6.42 Å². The molecule has 6 nitrogen and oxygen atoms in total. The van der Waals surface area contributed by atoms with Gasteiger partial charge >= 0.3 is 0 Å². The zero-order valence-corrected chi connectivity index (χ0v) is 19.6. The highest BCUT2D eigenvalue weighted by Crippen LogP contribution is 2.44. The van der Waals surface area contributed by atoms with Crippen molar-refractivity contribution in [3.63, 3.8) is 0 Å². The predicted octanol–water partition coefficient (Wildman–Crippen LogP) is 4.40. The summed E-state index contributed by atoms with van der Waals surface area (Å²) in [5, 5.41) is 11.7. The Morgan fingerprint density at radius 2 is 2.00 bits per heavy atom. The lowest BCUT2D eigenvalue weighted by Gasteiger charge is -2.48. The number of nitrogens with one attached hydrogen (secondary N) is 2. The molecule has 182 valence electrons. The van der Waals surface area contributed by atoms with Crippen molar-refractivity contribution >= 4 is 16.6 Å². The Kier molecular flexibility index (Phi) is 6.24. The Hall–Kier alpha value is -2.65. The van der Waals surface area contributed by atoms with E-state index in [0.717, 1.165) is 53.0 Å². The molecule has 1 fully saturated rings. The summed E-state index contributed by atoms with van der Waals surface area (Å²) in [7, 11) is 0. The third-order valence-electron chi connectivity index (χ3n) is 7.10. The molecule has 2 aliphatic rings. The Morgan fingerprint density at radius 3 is 2.71 bits per heavy atom. The molecule has 1 atom stereocenters. The molecule has 2 N–H and O–H groups in total. The van der Waals surface area contributed by atoms with Gasteiger partial charge in [-0.25, -0.2) is 8.78 Å². The number of hydrogen-bond donors (Lipinski definition) is 2. The van der Waals surface area contributed by atoms with Gasteiger partial charge in [0.2, 0.25) is 0 Å². The summed E-state index contributed by atoms with van der Waals surface area (Å²) in [5.41, 5.74) is 4.27. The number of pyridine rings is 1. The van der Waals surface area contributed by atoms with E-state index < -0.39 is 12.0 Å². The first-order valence-corrected chi connectivity index (χ1v) is 11.9. The number of hydrogen-bond acceptors (Lipinski definition) is 5. The van der Waals surface area contributed by atoms with Gasteiger partial charge in [-0.2, -0.15) is 5.10 Å². The monoisotopic (exact) mass is 472 g/mol. The number of halogens is 3. The fourth-order valence-electron chi connectivity index (χ4n) is 5.43. The van der Waals surface area contributed by atoms with Gasteiger partial charge in [-0.3, -0.25) is 24.3 Å². The van der Waals surface area contributed by atoms with Crippen molar-refractivity contribution in [3.8, 4) is 0 Å². The second-order valence-corrected chi connectivity index (χ2v) is 10.0. The molecule has 5 rings (SSSR count). The fourth-order valence-corrected chi connectivity index (χ4v) is 5.43. The van der Waals surface area contributed by atoms with Crippen molar-refractivity contribution in [2.24, 2.45) is 0 Å². The SMILES string of the molecule is CC1(C)Cc2c(ccc3[nH]ncc23)C(c2ccc(NC3CN(CCCF)C3)cn2)N1CC(F)F. The Bertz CT molecular complexity index is 1120. The van der Waals surface area contributed by atoms with Gasteiger partial charge in [-0.05, 0) is 56.0 Å². The van der Waals surface area contributed by atoms with Gasteiger partial charge < -0.3 is 5.32 Å². The lowest BCUT2D eigenvalue weighted by Crippen LogP contribution is -2.54. The van der Waals surface area contributed by atoms with E-state index in [0.29, 0.717) is 18.9 Å². The van der Waals surface area contributed by atoms with Crippen LogP contribution in [0.4, 0.5) is 18.9 Å². The van der Waals surface area contributed by atoms with Crippen LogP contribution >= 0.6 is 0 Å². The predicted molar refractivity (Wildman–Crippen MR) is 127 cm³/mol. The van der Waals surface area contributed by atoms with Crippen LogP contribution in [0.1, 0.15) is 43.1 Å². The number of H-pyrrole nitrogens is 1. The molecule has 0 bridgehead atoms. The van der Waals surface area contributed by atoms with Gasteiger partial charge in [-0.1, -0.05) is 6.07 Å². The second kappa shape index (κ2) is 9.19. The number of fused-ring (bicyclic) bond motifs is 3. The van der Waals surface area contributed by atoms with E-state index in [1.807, 2.05) is 49.2 Å². The van der Waals surface area contributed by atoms with Crippen LogP contribution < -0.4 is 5.32 Å². The maximum Gasteiger partial charge on any atom is 0.251 e. The van der Waals surface area contributed by atoms with Gasteiger partial charge in [0.05, 0.1) is 54.6 Å². The van der Waals surface area contributed by atoms with Crippen LogP contribution in [0.2, 0.25) is 0 Å². The maximum atomic E-state index is 13.7. The van der Waals surface area contributed by atoms with Crippen LogP contribution in [0.15, 0.2) is 36.7 Å². The smallest absolute Gasteiger partial charge is 0.251 e. The molecule has 0 amide bonds. The molecule has 2 aliphatic heterocycles. The van der Waals surface area contributed by atoms with Crippen LogP contribution in [0.25, 0.3) is 10.9 Å². The highest BCUT2D eigenvalue weighted by molar-refractivity contribution is 5.83. The van der Waals surface area contributed by atoms with E-state index >= 15 is 0 Å². The molecule has 0 saturated carbocycles. The molecule has 0 aliphatic carbocycles. The summed E-state index contributed by atoms with van der Waals surface area (Å²) in [6.07, 6.45) is 2.39. The fraction of sp³-hybridized carbons (Fsp3) is 0.520. The summed E-state index contributed by atoms with van der Waals surface area (Å²) in [4.78, 5) is 8.84. The molecule has 1 unspecified atom stereocenters. The molecule has 1 saturated heterocycles. The van der Waals surface area contributed by atoms with Crippen molar-refractivity contribution in [1.82, 2.24) is 25.0 Å². The highest BCUT2D eigenvalue weighted by atomic mass is 19.3. The normalized spacial score (nSPS) is 21.1. The average Bonchev–Trinajstić information content (AvgIpc) is 3.25. The summed E-state index contributed by atoms with van der Waals surface area (Å²) in [6, 6.07) is 7.84. The Morgan fingerprint density at radius 1 is 1.18 bits per heavy atom. The lowest BCUT2D eigenvalue weighted by molar-refractivity contribution is 0.00498. The first-order valence-electron chi connectivity index (χ1n) is 11.9. The van der Waals surface area contributed by atoms with Crippen LogP contribution in [-0.4, -0.2) is 75.8 Å². The summed E-state index contributed by atoms with van der Waals surface area (Å²) in [6.45, 7) is 5.99. The largest absolute Gasteiger partial charge is 0.378 e. The number of rotatable bonds is 8. The van der Waals surface area contributed by atoms with Gasteiger partial charge in [0, 0.05) is 30.6 Å². The zero-order chi connectivity index (χ0) is 23.9. The topological polar surface area (TPSA) is 60.1 Å². The van der Waals surface area contributed by atoms with Crippen molar-refractivity contribution in [1.29, 1.82) is 0 Å². The van der Waals surface area contributed by atoms with E-state index in [4.69, 9.17) is 4.98 Å². The van der Waals surface area contributed by atoms with Gasteiger partial charge in [-0.15, -0.1) is 0 Å². The van der Waals surface area contributed by atoms with Crippen LogP contribution in [0.5, 0.6) is 0 Å². The first kappa shape index (κ1) is 23.1. The van der Waals surface area contributed by atoms with E-state index in [2.05, 4.69) is 20.4 Å². The molecular weight excluding hydrogens is 441 g/mol. The summed E-state index contributed by atoms with van der Waals surface area (Å²) >= 11 is 0. The Labute approximate surface area is 197 Å². The number of aromatic amines is 1. The third kappa shape index (κ3) is 4.38. The molecule has 3 aromatic rings. The van der Waals surface area contributed by atoms with Gasteiger partial charge in [0.1, 0.15) is 0 Å². The molecule has 0 spiro atoms. The molecule has 1 aromatic carbocycles. The van der Waals surface area contributed by atoms with Gasteiger partial charge in [0.25, 0.3) is 6.43 Å². The quantitative estimate of drug-likeness (QED) is 0.509. The summed E-state index contributed by atoms with van der Waals surface area (Å²) < 4.78 is 39.7. The maximum absolute atomic E-state index is 13.7. The minimum absolute atomic E-state index is 0.282. The van der Waals surface area contributed by atoms with E-state index in [1.165, 1.54) is 0 Å². The molecule has 9 heteroatoms. The molecule has 0 radical (unpaired) electrons. The van der Waals surface area contributed by atoms with E-state index in [9.17, 15) is 13.2 Å². The summed E-state index contributed by atoms with van der Waals surface area (Å²) in [5.74, 6) is 0. The second-order valence-electron chi connectivity index (χ2n) is 10.0. The minimum Gasteiger partial charge on any atom is -0.378 e. The molecular formula is C25H31F3N6. The van der Waals surface area contributed by atoms with Crippen molar-refractivity contribution in [2.45, 2.75) is 50.7 Å². The van der Waals surface area contributed by atoms with E-state index in [1.54, 1.807) is 6.20 Å². The van der Waals surface area contributed by atoms with Crippen molar-refractivity contribution in [3.05, 3.63) is 53.5 Å². The molecule has 4 heterocycles. The number of anilines is 1. The van der Waals surface area contributed by atoms with Crippen LogP contribution in [0, 0.1) is 0 Å². The first-order chi connectivity index (χ1) is 16.4. The van der Waals surface area contributed by atoms with Gasteiger partial charge in [0.15, 0.2) is 0 Å². The lowest BCUT2D eigenvalue weighted by atomic mass is 9.79. The third-order valence-corrected chi connectivity index (χ3v) is 7.10. The van der Waals surface area contributed by atoms with Crippen molar-refractivity contribution in [2.75, 3.05) is 38.2 Å². The molecule has 34 heavy (non-hydrogen) atoms. The number of alkyl halides is 3.